The van der Waals surface area contributed by atoms with Crippen molar-refractivity contribution in [3.63, 3.8) is 0 Å². The maximum atomic E-state index is 10.6. The van der Waals surface area contributed by atoms with Crippen LogP contribution in [0.4, 0.5) is 0 Å². The van der Waals surface area contributed by atoms with E-state index in [9.17, 15) is 4.79 Å². The van der Waals surface area contributed by atoms with Crippen LogP contribution in [0.1, 0.15) is 5.56 Å². The first-order valence-corrected chi connectivity index (χ1v) is 5.39. The first-order valence-electron chi connectivity index (χ1n) is 4.26. The summed E-state index contributed by atoms with van der Waals surface area (Å²) in [4.78, 5) is 10.6. The largest absolute Gasteiger partial charge is 0.481 e. The lowest BCUT2D eigenvalue weighted by Crippen LogP contribution is -1.99. The van der Waals surface area contributed by atoms with Gasteiger partial charge in [0, 0.05) is 10.9 Å². The number of rotatable bonds is 2. The SMILES string of the molecule is O=C(O)Cc1coc2c(Cl)cc(Cl)c(Cl)c12. The maximum absolute atomic E-state index is 10.6. The molecule has 0 atom stereocenters. The molecule has 0 aliphatic heterocycles. The number of fused-ring (bicyclic) bond motifs is 1. The van der Waals surface area contributed by atoms with E-state index in [-0.39, 0.29) is 16.5 Å². The minimum Gasteiger partial charge on any atom is -0.481 e. The lowest BCUT2D eigenvalue weighted by Gasteiger charge is -2.00. The molecule has 0 aliphatic carbocycles. The lowest BCUT2D eigenvalue weighted by atomic mass is 10.1. The molecular weight excluding hydrogens is 274 g/mol. The van der Waals surface area contributed by atoms with Crippen LogP contribution in [0.2, 0.25) is 15.1 Å². The molecule has 0 saturated heterocycles. The molecular formula is C10H5Cl3O3. The molecule has 0 spiro atoms. The highest BCUT2D eigenvalue weighted by atomic mass is 35.5. The third-order valence-electron chi connectivity index (χ3n) is 2.11. The third-order valence-corrected chi connectivity index (χ3v) is 3.18. The Balaban J connectivity index is 2.74. The minimum absolute atomic E-state index is 0.191. The fourth-order valence-corrected chi connectivity index (χ4v) is 2.23. The van der Waals surface area contributed by atoms with Gasteiger partial charge < -0.3 is 9.52 Å². The van der Waals surface area contributed by atoms with Gasteiger partial charge in [0.1, 0.15) is 0 Å². The average Bonchev–Trinajstić information content (AvgIpc) is 2.58. The number of benzene rings is 1. The van der Waals surface area contributed by atoms with E-state index in [0.29, 0.717) is 21.6 Å². The summed E-state index contributed by atoms with van der Waals surface area (Å²) in [6.45, 7) is 0. The van der Waals surface area contributed by atoms with Crippen LogP contribution in [0.25, 0.3) is 11.0 Å². The van der Waals surface area contributed by atoms with Crippen molar-refractivity contribution in [3.8, 4) is 0 Å². The summed E-state index contributed by atoms with van der Waals surface area (Å²) >= 11 is 17.7. The molecule has 2 aromatic rings. The standard InChI is InChI=1S/C10H5Cl3O3/c11-5-2-6(12)10-8(9(5)13)4(3-16-10)1-7(14)15/h2-3H,1H2,(H,14,15). The topological polar surface area (TPSA) is 50.4 Å². The molecule has 1 aromatic heterocycles. The van der Waals surface area contributed by atoms with Gasteiger partial charge >= 0.3 is 5.97 Å². The summed E-state index contributed by atoms with van der Waals surface area (Å²) in [6.07, 6.45) is 1.14. The van der Waals surface area contributed by atoms with Gasteiger partial charge in [-0.3, -0.25) is 4.79 Å². The fourth-order valence-electron chi connectivity index (χ4n) is 1.46. The number of hydrogen-bond acceptors (Lipinski definition) is 2. The van der Waals surface area contributed by atoms with Crippen LogP contribution >= 0.6 is 34.8 Å². The average molecular weight is 280 g/mol. The van der Waals surface area contributed by atoms with Crippen LogP contribution in [-0.4, -0.2) is 11.1 Å². The van der Waals surface area contributed by atoms with Crippen molar-refractivity contribution in [2.24, 2.45) is 0 Å². The molecule has 6 heteroatoms. The molecule has 3 nitrogen and oxygen atoms in total. The molecule has 16 heavy (non-hydrogen) atoms. The lowest BCUT2D eigenvalue weighted by molar-refractivity contribution is -0.136. The van der Waals surface area contributed by atoms with E-state index in [1.54, 1.807) is 0 Å². The van der Waals surface area contributed by atoms with Crippen LogP contribution in [0.15, 0.2) is 16.7 Å². The van der Waals surface area contributed by atoms with E-state index in [4.69, 9.17) is 44.3 Å². The Morgan fingerprint density at radius 3 is 2.62 bits per heavy atom. The number of aliphatic carboxylic acids is 1. The van der Waals surface area contributed by atoms with Crippen LogP contribution in [0, 0.1) is 0 Å². The monoisotopic (exact) mass is 278 g/mol. The predicted octanol–water partition coefficient (Wildman–Crippen LogP) is 4.02. The second-order valence-corrected chi connectivity index (χ2v) is 4.38. The number of halogens is 3. The Kier molecular flexibility index (Phi) is 3.02. The Hall–Kier alpha value is -0.900. The van der Waals surface area contributed by atoms with Crippen molar-refractivity contribution in [2.75, 3.05) is 0 Å². The van der Waals surface area contributed by atoms with Crippen molar-refractivity contribution in [1.29, 1.82) is 0 Å². The molecule has 0 unspecified atom stereocenters. The number of carbonyl (C=O) groups is 1. The van der Waals surface area contributed by atoms with Gasteiger partial charge in [-0.15, -0.1) is 0 Å². The molecule has 84 valence electrons. The molecule has 0 fully saturated rings. The summed E-state index contributed by atoms with van der Waals surface area (Å²) in [6, 6.07) is 1.46. The molecule has 1 heterocycles. The molecule has 0 bridgehead atoms. The fraction of sp³-hybridized carbons (Fsp3) is 0.100. The van der Waals surface area contributed by atoms with Gasteiger partial charge in [-0.2, -0.15) is 0 Å². The van der Waals surface area contributed by atoms with Gasteiger partial charge in [0.15, 0.2) is 5.58 Å². The zero-order valence-electron chi connectivity index (χ0n) is 7.76. The third kappa shape index (κ3) is 1.86. The summed E-state index contributed by atoms with van der Waals surface area (Å²) in [5.74, 6) is -0.977. The molecule has 0 amide bonds. The summed E-state index contributed by atoms with van der Waals surface area (Å²) < 4.78 is 5.18. The van der Waals surface area contributed by atoms with E-state index in [1.165, 1.54) is 12.3 Å². The van der Waals surface area contributed by atoms with Gasteiger partial charge in [0.2, 0.25) is 0 Å². The second-order valence-electron chi connectivity index (χ2n) is 3.19. The first-order chi connectivity index (χ1) is 7.50. The van der Waals surface area contributed by atoms with Crippen molar-refractivity contribution in [2.45, 2.75) is 6.42 Å². The van der Waals surface area contributed by atoms with Crippen LogP contribution in [0.3, 0.4) is 0 Å². The van der Waals surface area contributed by atoms with Gasteiger partial charge in [0.05, 0.1) is 27.8 Å². The highest BCUT2D eigenvalue weighted by molar-refractivity contribution is 6.47. The summed E-state index contributed by atoms with van der Waals surface area (Å²) in [5.41, 5.74) is 0.809. The smallest absolute Gasteiger partial charge is 0.307 e. The number of furan rings is 1. The van der Waals surface area contributed by atoms with Crippen LogP contribution in [0.5, 0.6) is 0 Å². The van der Waals surface area contributed by atoms with Crippen molar-refractivity contribution < 1.29 is 14.3 Å². The zero-order valence-corrected chi connectivity index (χ0v) is 10.0. The normalized spacial score (nSPS) is 10.9. The van der Waals surface area contributed by atoms with Gasteiger partial charge in [-0.25, -0.2) is 0 Å². The van der Waals surface area contributed by atoms with Gasteiger partial charge in [-0.1, -0.05) is 34.8 Å². The molecule has 0 saturated carbocycles. The Bertz CT molecular complexity index is 574. The van der Waals surface area contributed by atoms with E-state index >= 15 is 0 Å². The highest BCUT2D eigenvalue weighted by Gasteiger charge is 2.17. The molecule has 1 aromatic carbocycles. The predicted molar refractivity (Wildman–Crippen MR) is 62.6 cm³/mol. The van der Waals surface area contributed by atoms with E-state index < -0.39 is 5.97 Å². The Morgan fingerprint density at radius 1 is 1.31 bits per heavy atom. The van der Waals surface area contributed by atoms with Crippen molar-refractivity contribution in [1.82, 2.24) is 0 Å². The van der Waals surface area contributed by atoms with E-state index in [2.05, 4.69) is 0 Å². The first kappa shape index (κ1) is 11.6. The number of hydrogen-bond donors (Lipinski definition) is 1. The summed E-state index contributed by atoms with van der Waals surface area (Å²) in [5, 5.41) is 10.0. The Morgan fingerprint density at radius 2 is 2.00 bits per heavy atom. The zero-order chi connectivity index (χ0) is 11.9. The maximum Gasteiger partial charge on any atom is 0.307 e. The highest BCUT2D eigenvalue weighted by Crippen LogP contribution is 2.38. The quantitative estimate of drug-likeness (QED) is 0.845. The molecule has 2 rings (SSSR count). The van der Waals surface area contributed by atoms with Crippen molar-refractivity contribution >= 4 is 51.7 Å². The Labute approximate surface area is 106 Å². The van der Waals surface area contributed by atoms with Gasteiger partial charge in [-0.05, 0) is 6.07 Å². The minimum atomic E-state index is -0.977. The molecule has 0 radical (unpaired) electrons. The number of carboxylic acid groups (broad SMARTS) is 1. The van der Waals surface area contributed by atoms with E-state index in [0.717, 1.165) is 0 Å². The summed E-state index contributed by atoms with van der Waals surface area (Å²) in [7, 11) is 0. The molecule has 0 aliphatic rings. The van der Waals surface area contributed by atoms with E-state index in [1.807, 2.05) is 0 Å². The van der Waals surface area contributed by atoms with Crippen molar-refractivity contribution in [3.05, 3.63) is 33.0 Å². The van der Waals surface area contributed by atoms with Crippen LogP contribution in [-0.2, 0) is 11.2 Å². The van der Waals surface area contributed by atoms with Gasteiger partial charge in [0.25, 0.3) is 0 Å². The number of carboxylic acids is 1. The second kappa shape index (κ2) is 4.17. The molecule has 1 N–H and O–H groups in total. The van der Waals surface area contributed by atoms with Crippen LogP contribution < -0.4 is 0 Å².